The Morgan fingerprint density at radius 1 is 1.09 bits per heavy atom. The fourth-order valence-corrected chi connectivity index (χ4v) is 4.34. The predicted molar refractivity (Wildman–Crippen MR) is 117 cm³/mol. The van der Waals surface area contributed by atoms with Crippen LogP contribution in [0.2, 0.25) is 0 Å². The lowest BCUT2D eigenvalue weighted by molar-refractivity contribution is -0.115. The van der Waals surface area contributed by atoms with Crippen LogP contribution < -0.4 is 5.32 Å². The normalized spacial score (nSPS) is 13.1. The zero-order valence-corrected chi connectivity index (χ0v) is 17.8. The molecule has 5 rings (SSSR count). The smallest absolute Gasteiger partial charge is 0.261 e. The molecule has 3 amide bonds. The van der Waals surface area contributed by atoms with Crippen LogP contribution in [-0.4, -0.2) is 44.5 Å². The minimum Gasteiger partial charge on any atom is -0.356 e. The molecule has 0 fully saturated rings. The van der Waals surface area contributed by atoms with Crippen molar-refractivity contribution in [3.8, 4) is 0 Å². The first-order valence-corrected chi connectivity index (χ1v) is 10.7. The van der Waals surface area contributed by atoms with Gasteiger partial charge in [-0.2, -0.15) is 0 Å². The van der Waals surface area contributed by atoms with Gasteiger partial charge in [0.1, 0.15) is 10.7 Å². The van der Waals surface area contributed by atoms with Crippen LogP contribution in [0.5, 0.6) is 0 Å². The Morgan fingerprint density at radius 2 is 1.84 bits per heavy atom. The van der Waals surface area contributed by atoms with E-state index in [-0.39, 0.29) is 30.7 Å². The molecule has 0 unspecified atom stereocenters. The van der Waals surface area contributed by atoms with Crippen LogP contribution in [0, 0.1) is 6.92 Å². The SMILES string of the molecule is Cc1ccc2onc(CC(=O)Nc3nnc(CCN4C(=O)c5ccccc5C4=O)s3)c2c1. The molecule has 2 aromatic heterocycles. The molecule has 1 aliphatic rings. The van der Waals surface area contributed by atoms with Gasteiger partial charge in [-0.1, -0.05) is 40.3 Å². The number of hydrogen-bond donors (Lipinski definition) is 1. The average Bonchev–Trinajstić information content (AvgIpc) is 3.45. The molecule has 9 nitrogen and oxygen atoms in total. The molecule has 32 heavy (non-hydrogen) atoms. The monoisotopic (exact) mass is 447 g/mol. The van der Waals surface area contributed by atoms with Crippen molar-refractivity contribution < 1.29 is 18.9 Å². The number of benzene rings is 2. The van der Waals surface area contributed by atoms with E-state index < -0.39 is 0 Å². The van der Waals surface area contributed by atoms with Gasteiger partial charge in [0.2, 0.25) is 11.0 Å². The molecule has 1 aliphatic heterocycles. The van der Waals surface area contributed by atoms with Gasteiger partial charge in [0.15, 0.2) is 5.58 Å². The third-order valence-corrected chi connectivity index (χ3v) is 6.07. The summed E-state index contributed by atoms with van der Waals surface area (Å²) in [6, 6.07) is 12.4. The maximum Gasteiger partial charge on any atom is 0.261 e. The molecule has 0 bridgehead atoms. The zero-order chi connectivity index (χ0) is 22.2. The van der Waals surface area contributed by atoms with Gasteiger partial charge in [0.05, 0.1) is 17.5 Å². The Morgan fingerprint density at radius 3 is 2.59 bits per heavy atom. The van der Waals surface area contributed by atoms with Crippen LogP contribution in [0.3, 0.4) is 0 Å². The first-order chi connectivity index (χ1) is 15.5. The molecule has 10 heteroatoms. The standard InChI is InChI=1S/C22H17N5O4S/c1-12-6-7-17-15(10-12)16(26-31-17)11-18(28)23-22-25-24-19(32-22)8-9-27-20(29)13-4-2-3-5-14(13)21(27)30/h2-7,10H,8-9,11H2,1H3,(H,23,25,28). The van der Waals surface area contributed by atoms with Crippen molar-refractivity contribution in [2.24, 2.45) is 0 Å². The molecule has 160 valence electrons. The third kappa shape index (κ3) is 3.65. The molecular weight excluding hydrogens is 430 g/mol. The molecule has 0 aliphatic carbocycles. The molecule has 3 heterocycles. The van der Waals surface area contributed by atoms with E-state index in [1.807, 2.05) is 25.1 Å². The van der Waals surface area contributed by atoms with E-state index in [1.165, 1.54) is 16.2 Å². The number of nitrogens with one attached hydrogen (secondary N) is 1. The van der Waals surface area contributed by atoms with Crippen LogP contribution in [0.1, 0.15) is 37.0 Å². The molecule has 0 atom stereocenters. The Kier molecular flexibility index (Phi) is 4.98. The lowest BCUT2D eigenvalue weighted by Gasteiger charge is -2.12. The number of rotatable bonds is 6. The molecule has 2 aromatic carbocycles. The van der Waals surface area contributed by atoms with Gasteiger partial charge >= 0.3 is 0 Å². The van der Waals surface area contributed by atoms with E-state index in [1.54, 1.807) is 24.3 Å². The predicted octanol–water partition coefficient (Wildman–Crippen LogP) is 3.01. The fourth-order valence-electron chi connectivity index (χ4n) is 3.60. The summed E-state index contributed by atoms with van der Waals surface area (Å²) in [6.07, 6.45) is 0.395. The van der Waals surface area contributed by atoms with Gasteiger partial charge in [-0.15, -0.1) is 10.2 Å². The molecular formula is C22H17N5O4S. The summed E-state index contributed by atoms with van der Waals surface area (Å²) in [6.45, 7) is 2.15. The maximum atomic E-state index is 12.4. The van der Waals surface area contributed by atoms with Gasteiger partial charge in [0.25, 0.3) is 11.8 Å². The van der Waals surface area contributed by atoms with Gasteiger partial charge in [0, 0.05) is 18.4 Å². The van der Waals surface area contributed by atoms with Crippen LogP contribution in [0.25, 0.3) is 11.0 Å². The Bertz CT molecular complexity index is 1340. The van der Waals surface area contributed by atoms with E-state index in [0.717, 1.165) is 10.9 Å². The van der Waals surface area contributed by atoms with Crippen molar-refractivity contribution in [3.05, 3.63) is 69.9 Å². The highest BCUT2D eigenvalue weighted by Crippen LogP contribution is 2.24. The van der Waals surface area contributed by atoms with Crippen LogP contribution in [0.4, 0.5) is 5.13 Å². The molecule has 0 radical (unpaired) electrons. The molecule has 4 aromatic rings. The number of hydrogen-bond acceptors (Lipinski definition) is 8. The number of carbonyl (C=O) groups is 3. The summed E-state index contributed by atoms with van der Waals surface area (Å²) < 4.78 is 5.27. The number of aryl methyl sites for hydroxylation is 1. The van der Waals surface area contributed by atoms with Gasteiger partial charge in [-0.05, 0) is 31.2 Å². The number of fused-ring (bicyclic) bond motifs is 2. The first kappa shape index (κ1) is 20.0. The Hall–Kier alpha value is -3.92. The lowest BCUT2D eigenvalue weighted by Crippen LogP contribution is -2.31. The average molecular weight is 447 g/mol. The van der Waals surface area contributed by atoms with Crippen molar-refractivity contribution in [3.63, 3.8) is 0 Å². The Labute approximate surface area is 186 Å². The van der Waals surface area contributed by atoms with E-state index in [2.05, 4.69) is 20.7 Å². The summed E-state index contributed by atoms with van der Waals surface area (Å²) in [5.41, 5.74) is 3.06. The number of aromatic nitrogens is 3. The van der Waals surface area contributed by atoms with Gasteiger partial charge in [-0.25, -0.2) is 0 Å². The lowest BCUT2D eigenvalue weighted by atomic mass is 10.1. The number of imide groups is 1. The third-order valence-electron chi connectivity index (χ3n) is 5.17. The maximum absolute atomic E-state index is 12.4. The molecule has 0 saturated heterocycles. The van der Waals surface area contributed by atoms with E-state index in [0.29, 0.717) is 39.0 Å². The van der Waals surface area contributed by atoms with E-state index >= 15 is 0 Å². The fraction of sp³-hybridized carbons (Fsp3) is 0.182. The minimum absolute atomic E-state index is 0.0421. The zero-order valence-electron chi connectivity index (χ0n) is 17.0. The van der Waals surface area contributed by atoms with Crippen molar-refractivity contribution in [2.45, 2.75) is 19.8 Å². The molecule has 0 spiro atoms. The number of nitrogens with zero attached hydrogens (tertiary/aromatic N) is 4. The largest absolute Gasteiger partial charge is 0.356 e. The highest BCUT2D eigenvalue weighted by Gasteiger charge is 2.34. The Balaban J connectivity index is 1.20. The second kappa shape index (κ2) is 7.97. The topological polar surface area (TPSA) is 118 Å². The summed E-state index contributed by atoms with van der Waals surface area (Å²) in [4.78, 5) is 38.5. The molecule has 1 N–H and O–H groups in total. The number of anilines is 1. The van der Waals surface area contributed by atoms with Crippen LogP contribution in [0.15, 0.2) is 47.0 Å². The van der Waals surface area contributed by atoms with E-state index in [4.69, 9.17) is 4.52 Å². The second-order valence-corrected chi connectivity index (χ2v) is 8.47. The van der Waals surface area contributed by atoms with Crippen LogP contribution in [-0.2, 0) is 17.6 Å². The van der Waals surface area contributed by atoms with Crippen molar-refractivity contribution >= 4 is 45.2 Å². The van der Waals surface area contributed by atoms with Crippen LogP contribution >= 0.6 is 11.3 Å². The number of carbonyl (C=O) groups excluding carboxylic acids is 3. The van der Waals surface area contributed by atoms with Crippen molar-refractivity contribution in [1.82, 2.24) is 20.3 Å². The summed E-state index contributed by atoms with van der Waals surface area (Å²) >= 11 is 1.20. The van der Waals surface area contributed by atoms with Gasteiger partial charge < -0.3 is 9.84 Å². The quantitative estimate of drug-likeness (QED) is 0.451. The van der Waals surface area contributed by atoms with Crippen molar-refractivity contribution in [2.75, 3.05) is 11.9 Å². The van der Waals surface area contributed by atoms with Gasteiger partial charge in [-0.3, -0.25) is 19.3 Å². The summed E-state index contributed by atoms with van der Waals surface area (Å²) in [5.74, 6) is -0.901. The summed E-state index contributed by atoms with van der Waals surface area (Å²) in [5, 5.41) is 16.5. The second-order valence-electron chi connectivity index (χ2n) is 7.41. The molecule has 0 saturated carbocycles. The first-order valence-electron chi connectivity index (χ1n) is 9.92. The van der Waals surface area contributed by atoms with Crippen molar-refractivity contribution in [1.29, 1.82) is 0 Å². The minimum atomic E-state index is -0.307. The number of amides is 3. The highest BCUT2D eigenvalue weighted by molar-refractivity contribution is 7.15. The summed E-state index contributed by atoms with van der Waals surface area (Å²) in [7, 11) is 0. The van der Waals surface area contributed by atoms with E-state index in [9.17, 15) is 14.4 Å². The highest BCUT2D eigenvalue weighted by atomic mass is 32.1.